The number of rotatable bonds is 11. The van der Waals surface area contributed by atoms with E-state index < -0.39 is 28.9 Å². The van der Waals surface area contributed by atoms with E-state index in [1.54, 1.807) is 14.0 Å². The van der Waals surface area contributed by atoms with E-state index >= 15 is 0 Å². The molecular formula is C15H31NO6Si2. The summed E-state index contributed by atoms with van der Waals surface area (Å²) < 4.78 is 21.7. The first-order valence-electron chi connectivity index (χ1n) is 7.98. The Hall–Kier alpha value is -1.17. The summed E-state index contributed by atoms with van der Waals surface area (Å²) in [6.45, 7) is 14.0. The molecule has 0 rings (SSSR count). The molecule has 0 bridgehead atoms. The van der Waals surface area contributed by atoms with Crippen molar-refractivity contribution in [3.8, 4) is 0 Å². The van der Waals surface area contributed by atoms with Crippen LogP contribution in [0.4, 0.5) is 4.79 Å². The Morgan fingerprint density at radius 1 is 1.08 bits per heavy atom. The number of nitrogens with one attached hydrogen (secondary N) is 1. The maximum atomic E-state index is 11.5. The summed E-state index contributed by atoms with van der Waals surface area (Å²) in [4.78, 5) is 22.6. The first kappa shape index (κ1) is 22.8. The molecular weight excluding hydrogens is 346 g/mol. The topological polar surface area (TPSA) is 83.1 Å². The van der Waals surface area contributed by atoms with E-state index in [9.17, 15) is 9.59 Å². The Labute approximate surface area is 147 Å². The number of amides is 1. The van der Waals surface area contributed by atoms with E-state index in [-0.39, 0.29) is 13.2 Å². The highest BCUT2D eigenvalue weighted by Gasteiger charge is 2.35. The zero-order valence-electron chi connectivity index (χ0n) is 15.7. The highest BCUT2D eigenvalue weighted by Crippen LogP contribution is 2.20. The Kier molecular flexibility index (Phi) is 10.1. The minimum absolute atomic E-state index is 0.0828. The average molecular weight is 378 g/mol. The molecule has 0 aliphatic rings. The Morgan fingerprint density at radius 2 is 1.71 bits per heavy atom. The van der Waals surface area contributed by atoms with Crippen molar-refractivity contribution in [1.29, 1.82) is 0 Å². The van der Waals surface area contributed by atoms with Gasteiger partial charge in [-0.3, -0.25) is 0 Å². The summed E-state index contributed by atoms with van der Waals surface area (Å²) >= 11 is 0. The molecule has 1 amide bonds. The Bertz CT molecular complexity index is 438. The summed E-state index contributed by atoms with van der Waals surface area (Å²) in [5.41, 5.74) is 0.323. The van der Waals surface area contributed by atoms with Gasteiger partial charge >= 0.3 is 20.6 Å². The largest absolute Gasteiger partial charge is 0.460 e. The standard InChI is InChI=1S/C15H31NO6Si2/c1-13(2)14(17)20-11-9-16-15(18)21-10-8-12-24(7,19-3)22-23(4,5)6/h1,8-12H2,2-7H3,(H,16,18). The van der Waals surface area contributed by atoms with E-state index in [1.807, 2.05) is 6.55 Å². The smallest absolute Gasteiger partial charge is 0.407 e. The molecule has 0 fully saturated rings. The third-order valence-corrected chi connectivity index (χ3v) is 9.22. The second kappa shape index (κ2) is 10.6. The van der Waals surface area contributed by atoms with E-state index in [4.69, 9.17) is 18.0 Å². The molecule has 0 saturated carbocycles. The number of hydrogen-bond acceptors (Lipinski definition) is 6. The van der Waals surface area contributed by atoms with Gasteiger partial charge in [-0.15, -0.1) is 0 Å². The predicted octanol–water partition coefficient (Wildman–Crippen LogP) is 2.79. The highest BCUT2D eigenvalue weighted by atomic mass is 28.4. The maximum Gasteiger partial charge on any atom is 0.407 e. The van der Waals surface area contributed by atoms with Gasteiger partial charge in [0.15, 0.2) is 8.32 Å². The molecule has 1 unspecified atom stereocenters. The van der Waals surface area contributed by atoms with Crippen molar-refractivity contribution in [2.75, 3.05) is 26.9 Å². The second-order valence-electron chi connectivity index (χ2n) is 6.63. The van der Waals surface area contributed by atoms with Gasteiger partial charge in [0.2, 0.25) is 0 Å². The van der Waals surface area contributed by atoms with Crippen LogP contribution in [0.3, 0.4) is 0 Å². The lowest BCUT2D eigenvalue weighted by atomic mass is 10.4. The molecule has 140 valence electrons. The monoisotopic (exact) mass is 377 g/mol. The van der Waals surface area contributed by atoms with Crippen LogP contribution in [0, 0.1) is 0 Å². The molecule has 0 saturated heterocycles. The molecule has 0 aliphatic heterocycles. The molecule has 24 heavy (non-hydrogen) atoms. The van der Waals surface area contributed by atoms with Gasteiger partial charge in [0.25, 0.3) is 0 Å². The zero-order chi connectivity index (χ0) is 18.8. The minimum Gasteiger partial charge on any atom is -0.460 e. The van der Waals surface area contributed by atoms with E-state index in [2.05, 4.69) is 31.5 Å². The summed E-state index contributed by atoms with van der Waals surface area (Å²) in [5.74, 6) is -0.476. The van der Waals surface area contributed by atoms with Crippen LogP contribution >= 0.6 is 0 Å². The van der Waals surface area contributed by atoms with Crippen molar-refractivity contribution in [3.63, 3.8) is 0 Å². The van der Waals surface area contributed by atoms with Gasteiger partial charge in [-0.2, -0.15) is 0 Å². The van der Waals surface area contributed by atoms with Crippen molar-refractivity contribution in [2.45, 2.75) is 45.6 Å². The average Bonchev–Trinajstić information content (AvgIpc) is 2.46. The van der Waals surface area contributed by atoms with Gasteiger partial charge in [0, 0.05) is 12.7 Å². The number of carbonyl (C=O) groups excluding carboxylic acids is 2. The first-order valence-corrected chi connectivity index (χ1v) is 13.9. The van der Waals surface area contributed by atoms with Crippen LogP contribution in [0.15, 0.2) is 12.2 Å². The molecule has 0 aliphatic carbocycles. The van der Waals surface area contributed by atoms with E-state index in [1.165, 1.54) is 0 Å². The third-order valence-electron chi connectivity index (χ3n) is 2.92. The fourth-order valence-corrected chi connectivity index (χ4v) is 8.79. The fraction of sp³-hybridized carbons (Fsp3) is 0.733. The van der Waals surface area contributed by atoms with E-state index in [0.29, 0.717) is 18.6 Å². The molecule has 7 nitrogen and oxygen atoms in total. The van der Waals surface area contributed by atoms with Gasteiger partial charge in [-0.25, -0.2) is 9.59 Å². The van der Waals surface area contributed by atoms with Crippen LogP contribution in [-0.4, -0.2) is 55.8 Å². The van der Waals surface area contributed by atoms with Crippen LogP contribution in [0.5, 0.6) is 0 Å². The fourth-order valence-electron chi connectivity index (χ4n) is 1.87. The summed E-state index contributed by atoms with van der Waals surface area (Å²) in [5, 5.41) is 2.51. The highest BCUT2D eigenvalue weighted by molar-refractivity contribution is 6.81. The molecule has 1 N–H and O–H groups in total. The van der Waals surface area contributed by atoms with Crippen LogP contribution in [0.1, 0.15) is 13.3 Å². The SMILES string of the molecule is C=C(C)C(=O)OCCNC(=O)OCCC[Si](C)(OC)O[Si](C)(C)C. The van der Waals surface area contributed by atoms with Gasteiger partial charge in [-0.05, 0) is 45.6 Å². The minimum atomic E-state index is -2.20. The van der Waals surface area contributed by atoms with Gasteiger partial charge in [-0.1, -0.05) is 6.58 Å². The van der Waals surface area contributed by atoms with Crippen molar-refractivity contribution in [1.82, 2.24) is 5.32 Å². The normalized spacial score (nSPS) is 13.8. The first-order chi connectivity index (χ1) is 11.0. The van der Waals surface area contributed by atoms with Gasteiger partial charge < -0.3 is 23.3 Å². The molecule has 0 spiro atoms. The Balaban J connectivity index is 3.88. The maximum absolute atomic E-state index is 11.5. The number of carbonyl (C=O) groups is 2. The zero-order valence-corrected chi connectivity index (χ0v) is 17.7. The number of ether oxygens (including phenoxy) is 2. The summed E-state index contributed by atoms with van der Waals surface area (Å²) in [6, 6.07) is 0.761. The number of alkyl carbamates (subject to hydrolysis) is 1. The third kappa shape index (κ3) is 11.4. The van der Waals surface area contributed by atoms with Crippen LogP contribution in [-0.2, 0) is 22.8 Å². The van der Waals surface area contributed by atoms with Gasteiger partial charge in [0.05, 0.1) is 13.2 Å². The van der Waals surface area contributed by atoms with Crippen LogP contribution in [0.2, 0.25) is 32.2 Å². The van der Waals surface area contributed by atoms with Crippen LogP contribution in [0.25, 0.3) is 0 Å². The van der Waals surface area contributed by atoms with Gasteiger partial charge in [0.1, 0.15) is 6.61 Å². The molecule has 9 heteroatoms. The van der Waals surface area contributed by atoms with Crippen molar-refractivity contribution in [3.05, 3.63) is 12.2 Å². The lowest BCUT2D eigenvalue weighted by Gasteiger charge is -2.32. The predicted molar refractivity (Wildman–Crippen MR) is 97.6 cm³/mol. The molecule has 0 radical (unpaired) electrons. The van der Waals surface area contributed by atoms with Crippen LogP contribution < -0.4 is 5.32 Å². The summed E-state index contributed by atoms with van der Waals surface area (Å²) in [6.07, 6.45) is 0.146. The molecule has 0 aromatic rings. The Morgan fingerprint density at radius 3 is 2.21 bits per heavy atom. The van der Waals surface area contributed by atoms with Crippen molar-refractivity contribution >= 4 is 28.9 Å². The molecule has 1 atom stereocenters. The lowest BCUT2D eigenvalue weighted by Crippen LogP contribution is -2.46. The molecule has 0 heterocycles. The lowest BCUT2D eigenvalue weighted by molar-refractivity contribution is -0.138. The molecule has 0 aromatic heterocycles. The number of esters is 1. The molecule has 0 aromatic carbocycles. The quantitative estimate of drug-likeness (QED) is 0.258. The summed E-state index contributed by atoms with van der Waals surface area (Å²) in [7, 11) is -2.19. The van der Waals surface area contributed by atoms with E-state index in [0.717, 1.165) is 6.04 Å². The van der Waals surface area contributed by atoms with Crippen molar-refractivity contribution in [2.24, 2.45) is 0 Å². The second-order valence-corrected chi connectivity index (χ2v) is 14.9. The number of hydrogen-bond donors (Lipinski definition) is 1. The van der Waals surface area contributed by atoms with Crippen molar-refractivity contribution < 1.29 is 27.6 Å².